The molecule has 0 radical (unpaired) electrons. The van der Waals surface area contributed by atoms with Crippen LogP contribution >= 0.6 is 0 Å². The number of piperidine rings is 1. The van der Waals surface area contributed by atoms with Crippen LogP contribution in [-0.2, 0) is 4.79 Å². The first kappa shape index (κ1) is 14.8. The number of rotatable bonds is 6. The molecule has 0 saturated carbocycles. The Balaban J connectivity index is 2.10. The molecule has 0 aromatic rings. The number of carboxylic acids is 1. The molecule has 0 bridgehead atoms. The van der Waals surface area contributed by atoms with Crippen molar-refractivity contribution in [3.63, 3.8) is 0 Å². The van der Waals surface area contributed by atoms with Gasteiger partial charge in [-0.25, -0.2) is 9.80 Å². The molecule has 6 heteroatoms. The lowest BCUT2D eigenvalue weighted by Crippen LogP contribution is -2.49. The Kier molecular flexibility index (Phi) is 6.49. The molecule has 1 unspecified atom stereocenters. The van der Waals surface area contributed by atoms with Crippen molar-refractivity contribution in [3.8, 4) is 0 Å². The maximum absolute atomic E-state index is 11.6. The van der Waals surface area contributed by atoms with Crippen molar-refractivity contribution in [3.05, 3.63) is 0 Å². The second kappa shape index (κ2) is 7.92. The molecular weight excluding hydrogens is 234 g/mol. The number of hydrogen-bond donors (Lipinski definition) is 3. The van der Waals surface area contributed by atoms with Crippen LogP contribution in [0.5, 0.6) is 0 Å². The van der Waals surface area contributed by atoms with Crippen molar-refractivity contribution in [2.75, 3.05) is 19.6 Å². The van der Waals surface area contributed by atoms with E-state index in [9.17, 15) is 9.59 Å². The lowest BCUT2D eigenvalue weighted by molar-refractivity contribution is -0.137. The largest absolute Gasteiger partial charge is 0.481 e. The summed E-state index contributed by atoms with van der Waals surface area (Å²) in [6.45, 7) is 4.25. The minimum Gasteiger partial charge on any atom is -0.481 e. The van der Waals surface area contributed by atoms with Gasteiger partial charge < -0.3 is 10.4 Å². The third-order valence-corrected chi connectivity index (χ3v) is 3.08. The quantitative estimate of drug-likeness (QED) is 0.667. The predicted octanol–water partition coefficient (Wildman–Crippen LogP) is 1.19. The van der Waals surface area contributed by atoms with Gasteiger partial charge in [0.2, 0.25) is 0 Å². The van der Waals surface area contributed by atoms with E-state index < -0.39 is 5.97 Å². The molecule has 1 saturated heterocycles. The van der Waals surface area contributed by atoms with Crippen LogP contribution in [0.2, 0.25) is 0 Å². The third-order valence-electron chi connectivity index (χ3n) is 3.08. The molecule has 0 aliphatic carbocycles. The van der Waals surface area contributed by atoms with Gasteiger partial charge in [-0.15, -0.1) is 0 Å². The van der Waals surface area contributed by atoms with Gasteiger partial charge in [0.25, 0.3) is 0 Å². The Morgan fingerprint density at radius 3 is 2.56 bits per heavy atom. The summed E-state index contributed by atoms with van der Waals surface area (Å²) in [5.41, 5.74) is 2.81. The molecule has 18 heavy (non-hydrogen) atoms. The summed E-state index contributed by atoms with van der Waals surface area (Å²) >= 11 is 0. The summed E-state index contributed by atoms with van der Waals surface area (Å²) in [5.74, 6) is -0.618. The molecule has 0 spiro atoms. The minimum absolute atomic E-state index is 0.149. The zero-order chi connectivity index (χ0) is 13.4. The first-order valence-corrected chi connectivity index (χ1v) is 6.59. The molecule has 104 valence electrons. The molecule has 1 atom stereocenters. The smallest absolute Gasteiger partial charge is 0.329 e. The second-order valence-electron chi connectivity index (χ2n) is 4.91. The van der Waals surface area contributed by atoms with E-state index in [1.54, 1.807) is 0 Å². The number of carbonyl (C=O) groups is 2. The molecule has 6 nitrogen and oxygen atoms in total. The van der Waals surface area contributed by atoms with Gasteiger partial charge in [-0.2, -0.15) is 0 Å². The molecular formula is C12H23N3O3. The lowest BCUT2D eigenvalue weighted by Gasteiger charge is -2.27. The molecule has 2 amide bonds. The Bertz CT molecular complexity index is 278. The fourth-order valence-corrected chi connectivity index (χ4v) is 1.93. The highest BCUT2D eigenvalue weighted by Gasteiger charge is 2.13. The van der Waals surface area contributed by atoms with Crippen molar-refractivity contribution < 1.29 is 14.7 Å². The van der Waals surface area contributed by atoms with Gasteiger partial charge >= 0.3 is 12.0 Å². The Hall–Kier alpha value is -1.30. The first-order chi connectivity index (χ1) is 8.58. The van der Waals surface area contributed by atoms with Crippen LogP contribution < -0.4 is 10.7 Å². The number of amides is 2. The SMILES string of the molecule is CC(CCC(=O)O)CNC(=O)NN1CCCCC1. The zero-order valence-corrected chi connectivity index (χ0v) is 10.9. The van der Waals surface area contributed by atoms with Crippen molar-refractivity contribution in [1.82, 2.24) is 15.8 Å². The Morgan fingerprint density at radius 1 is 1.28 bits per heavy atom. The van der Waals surface area contributed by atoms with Crippen LogP contribution in [0.1, 0.15) is 39.0 Å². The van der Waals surface area contributed by atoms with Crippen LogP contribution in [0.25, 0.3) is 0 Å². The van der Waals surface area contributed by atoms with Crippen LogP contribution in [0.4, 0.5) is 4.79 Å². The van der Waals surface area contributed by atoms with E-state index in [-0.39, 0.29) is 18.4 Å². The molecule has 0 aromatic heterocycles. The van der Waals surface area contributed by atoms with E-state index in [1.807, 2.05) is 11.9 Å². The fourth-order valence-electron chi connectivity index (χ4n) is 1.93. The van der Waals surface area contributed by atoms with Gasteiger partial charge in [-0.05, 0) is 25.2 Å². The number of nitrogens with zero attached hydrogens (tertiary/aromatic N) is 1. The summed E-state index contributed by atoms with van der Waals surface area (Å²) in [5, 5.41) is 13.2. The van der Waals surface area contributed by atoms with Crippen LogP contribution in [0.3, 0.4) is 0 Å². The molecule has 1 aliphatic heterocycles. The van der Waals surface area contributed by atoms with E-state index >= 15 is 0 Å². The highest BCUT2D eigenvalue weighted by molar-refractivity contribution is 5.73. The number of urea groups is 1. The summed E-state index contributed by atoms with van der Waals surface area (Å²) in [4.78, 5) is 22.0. The average Bonchev–Trinajstić information content (AvgIpc) is 2.35. The van der Waals surface area contributed by atoms with Crippen molar-refractivity contribution in [2.24, 2.45) is 5.92 Å². The summed E-state index contributed by atoms with van der Waals surface area (Å²) in [7, 11) is 0. The molecule has 1 fully saturated rings. The maximum atomic E-state index is 11.6. The second-order valence-corrected chi connectivity index (χ2v) is 4.91. The van der Waals surface area contributed by atoms with Gasteiger partial charge in [0, 0.05) is 26.1 Å². The van der Waals surface area contributed by atoms with E-state index in [0.717, 1.165) is 25.9 Å². The highest BCUT2D eigenvalue weighted by atomic mass is 16.4. The van der Waals surface area contributed by atoms with Crippen molar-refractivity contribution >= 4 is 12.0 Å². The topological polar surface area (TPSA) is 81.7 Å². The number of aliphatic carboxylic acids is 1. The number of nitrogens with one attached hydrogen (secondary N) is 2. The van der Waals surface area contributed by atoms with Gasteiger partial charge in [0.15, 0.2) is 0 Å². The summed E-state index contributed by atoms with van der Waals surface area (Å²) < 4.78 is 0. The molecule has 1 heterocycles. The fraction of sp³-hybridized carbons (Fsp3) is 0.833. The van der Waals surface area contributed by atoms with E-state index in [4.69, 9.17) is 5.11 Å². The predicted molar refractivity (Wildman–Crippen MR) is 68.0 cm³/mol. The van der Waals surface area contributed by atoms with Crippen molar-refractivity contribution in [2.45, 2.75) is 39.0 Å². The number of hydrazine groups is 1. The van der Waals surface area contributed by atoms with Gasteiger partial charge in [-0.3, -0.25) is 10.2 Å². The van der Waals surface area contributed by atoms with E-state index in [2.05, 4.69) is 10.7 Å². The monoisotopic (exact) mass is 257 g/mol. The third kappa shape index (κ3) is 6.44. The van der Waals surface area contributed by atoms with Crippen LogP contribution in [-0.4, -0.2) is 41.8 Å². The standard InChI is InChI=1S/C12H23N3O3/c1-10(5-6-11(16)17)9-13-12(18)14-15-7-3-2-4-8-15/h10H,2-9H2,1H3,(H,16,17)(H2,13,14,18). The van der Waals surface area contributed by atoms with E-state index in [1.165, 1.54) is 6.42 Å². The van der Waals surface area contributed by atoms with Crippen molar-refractivity contribution in [1.29, 1.82) is 0 Å². The number of carbonyl (C=O) groups excluding carboxylic acids is 1. The van der Waals surface area contributed by atoms with Crippen LogP contribution in [0.15, 0.2) is 0 Å². The molecule has 1 aliphatic rings. The summed E-state index contributed by atoms with van der Waals surface area (Å²) in [6, 6.07) is -0.195. The molecule has 1 rings (SSSR count). The Labute approximate surface area is 108 Å². The summed E-state index contributed by atoms with van der Waals surface area (Å²) in [6.07, 6.45) is 4.20. The van der Waals surface area contributed by atoms with Gasteiger partial charge in [-0.1, -0.05) is 13.3 Å². The van der Waals surface area contributed by atoms with Crippen LogP contribution in [0, 0.1) is 5.92 Å². The average molecular weight is 257 g/mol. The van der Waals surface area contributed by atoms with E-state index in [0.29, 0.717) is 13.0 Å². The molecule has 0 aromatic carbocycles. The normalized spacial score (nSPS) is 18.1. The van der Waals surface area contributed by atoms with Gasteiger partial charge in [0.1, 0.15) is 0 Å². The molecule has 3 N–H and O–H groups in total. The number of hydrogen-bond acceptors (Lipinski definition) is 3. The van der Waals surface area contributed by atoms with Gasteiger partial charge in [0.05, 0.1) is 0 Å². The minimum atomic E-state index is -0.792. The first-order valence-electron chi connectivity index (χ1n) is 6.59. The zero-order valence-electron chi connectivity index (χ0n) is 10.9. The highest BCUT2D eigenvalue weighted by Crippen LogP contribution is 2.06. The number of carboxylic acid groups (broad SMARTS) is 1. The Morgan fingerprint density at radius 2 is 1.94 bits per heavy atom. The lowest BCUT2D eigenvalue weighted by atomic mass is 10.1. The maximum Gasteiger partial charge on any atom is 0.329 e.